The molecule has 0 radical (unpaired) electrons. The molecule has 2 aliphatic rings. The quantitative estimate of drug-likeness (QED) is 0.558. The van der Waals surface area contributed by atoms with Gasteiger partial charge in [0.05, 0.1) is 11.8 Å². The first-order valence-electron chi connectivity index (χ1n) is 9.59. The molecule has 0 amide bonds. The van der Waals surface area contributed by atoms with Gasteiger partial charge in [-0.2, -0.15) is 0 Å². The smallest absolute Gasteiger partial charge is 0.317 e. The van der Waals surface area contributed by atoms with Crippen LogP contribution in [-0.2, 0) is 27.7 Å². The fourth-order valence-electron chi connectivity index (χ4n) is 3.68. The molecule has 150 valence electrons. The molecule has 2 aliphatic heterocycles. The second kappa shape index (κ2) is 8.99. The lowest BCUT2D eigenvalue weighted by molar-refractivity contribution is -0.138. The Kier molecular flexibility index (Phi) is 6.67. The van der Waals surface area contributed by atoms with E-state index in [4.69, 9.17) is 5.11 Å². The molecule has 1 aromatic rings. The van der Waals surface area contributed by atoms with Gasteiger partial charge in [0, 0.05) is 31.9 Å². The number of hydrogen-bond donors (Lipinski definition) is 3. The molecule has 0 aromatic carbocycles. The molecule has 27 heavy (non-hydrogen) atoms. The number of aryl methyl sites for hydroxylation is 2. The topological polar surface area (TPSA) is 112 Å². The van der Waals surface area contributed by atoms with Gasteiger partial charge in [-0.05, 0) is 50.2 Å². The molecule has 0 unspecified atom stereocenters. The van der Waals surface area contributed by atoms with Crippen LogP contribution < -0.4 is 10.0 Å². The number of carboxylic acid groups (broad SMARTS) is 1. The molecule has 0 saturated carbocycles. The number of hydrogen-bond acceptors (Lipinski definition) is 6. The molecule has 0 bridgehead atoms. The molecule has 3 N–H and O–H groups in total. The lowest BCUT2D eigenvalue weighted by Gasteiger charge is -2.30. The number of nitrogens with zero attached hydrogens (tertiary/aromatic N) is 2. The van der Waals surface area contributed by atoms with Gasteiger partial charge in [0.25, 0.3) is 0 Å². The fourth-order valence-corrected chi connectivity index (χ4v) is 5.17. The van der Waals surface area contributed by atoms with Gasteiger partial charge >= 0.3 is 5.97 Å². The summed E-state index contributed by atoms with van der Waals surface area (Å²) in [4.78, 5) is 17.1. The summed E-state index contributed by atoms with van der Waals surface area (Å²) >= 11 is 0. The van der Waals surface area contributed by atoms with E-state index in [1.54, 1.807) is 4.90 Å². The van der Waals surface area contributed by atoms with Crippen molar-refractivity contribution in [2.24, 2.45) is 0 Å². The second-order valence-corrected chi connectivity index (χ2v) is 9.30. The van der Waals surface area contributed by atoms with Crippen LogP contribution in [0.15, 0.2) is 12.1 Å². The van der Waals surface area contributed by atoms with E-state index in [2.05, 4.69) is 21.1 Å². The van der Waals surface area contributed by atoms with Crippen molar-refractivity contribution in [2.45, 2.75) is 43.8 Å². The highest BCUT2D eigenvalue weighted by molar-refractivity contribution is 7.90. The highest BCUT2D eigenvalue weighted by Gasteiger charge is 2.30. The molecule has 3 rings (SSSR count). The van der Waals surface area contributed by atoms with Crippen molar-refractivity contribution in [3.05, 3.63) is 23.4 Å². The van der Waals surface area contributed by atoms with E-state index in [0.29, 0.717) is 38.9 Å². The van der Waals surface area contributed by atoms with E-state index in [1.165, 1.54) is 5.56 Å². The lowest BCUT2D eigenvalue weighted by atomic mass is 10.1. The number of carbonyl (C=O) groups is 1. The third-order valence-corrected chi connectivity index (χ3v) is 7.15. The number of pyridine rings is 1. The Balaban J connectivity index is 1.41. The SMILES string of the molecule is O=C(O)CN1CCC(S(=O)(=O)NCCCc2ccc3c(n2)NCCC3)CC1. The summed E-state index contributed by atoms with van der Waals surface area (Å²) in [5.74, 6) is 0.0906. The van der Waals surface area contributed by atoms with E-state index in [-0.39, 0.29) is 6.54 Å². The third kappa shape index (κ3) is 5.63. The summed E-state index contributed by atoms with van der Waals surface area (Å²) in [6.07, 6.45) is 4.56. The number of likely N-dealkylation sites (tertiary alicyclic amines) is 1. The molecular weight excluding hydrogens is 368 g/mol. The number of sulfonamides is 1. The van der Waals surface area contributed by atoms with Gasteiger partial charge in [-0.1, -0.05) is 6.07 Å². The minimum atomic E-state index is -3.36. The van der Waals surface area contributed by atoms with Crippen molar-refractivity contribution in [3.63, 3.8) is 0 Å². The van der Waals surface area contributed by atoms with Crippen LogP contribution in [0.5, 0.6) is 0 Å². The molecule has 0 spiro atoms. The first-order chi connectivity index (χ1) is 12.9. The first kappa shape index (κ1) is 20.0. The molecule has 8 nitrogen and oxygen atoms in total. The maximum Gasteiger partial charge on any atom is 0.317 e. The van der Waals surface area contributed by atoms with Crippen LogP contribution in [0, 0.1) is 0 Å². The summed E-state index contributed by atoms with van der Waals surface area (Å²) < 4.78 is 27.6. The molecular formula is C18H28N4O4S. The van der Waals surface area contributed by atoms with Gasteiger partial charge in [0.2, 0.25) is 10.0 Å². The largest absolute Gasteiger partial charge is 0.480 e. The van der Waals surface area contributed by atoms with Gasteiger partial charge in [-0.15, -0.1) is 0 Å². The molecule has 0 aliphatic carbocycles. The average molecular weight is 397 g/mol. The van der Waals surface area contributed by atoms with Crippen molar-refractivity contribution in [1.82, 2.24) is 14.6 Å². The second-order valence-electron chi connectivity index (χ2n) is 7.25. The molecule has 0 atom stereocenters. The standard InChI is InChI=1S/C18H28N4O4S/c23-17(24)13-22-11-7-16(8-12-22)27(25,26)20-10-2-4-15-6-5-14-3-1-9-19-18(14)21-15/h5-6,16,20H,1-4,7-13H2,(H,19,21)(H,23,24). The van der Waals surface area contributed by atoms with Crippen LogP contribution in [0.25, 0.3) is 0 Å². The monoisotopic (exact) mass is 396 g/mol. The van der Waals surface area contributed by atoms with Crippen LogP contribution in [0.1, 0.15) is 36.9 Å². The zero-order chi connectivity index (χ0) is 19.3. The Morgan fingerprint density at radius 1 is 1.33 bits per heavy atom. The Bertz CT molecular complexity index is 761. The third-order valence-electron chi connectivity index (χ3n) is 5.20. The van der Waals surface area contributed by atoms with Gasteiger partial charge in [-0.25, -0.2) is 18.1 Å². The van der Waals surface area contributed by atoms with Crippen molar-refractivity contribution in [2.75, 3.05) is 38.0 Å². The zero-order valence-electron chi connectivity index (χ0n) is 15.5. The van der Waals surface area contributed by atoms with Crippen LogP contribution >= 0.6 is 0 Å². The highest BCUT2D eigenvalue weighted by Crippen LogP contribution is 2.20. The number of nitrogens with one attached hydrogen (secondary N) is 2. The number of piperidine rings is 1. The lowest BCUT2D eigenvalue weighted by Crippen LogP contribution is -2.45. The van der Waals surface area contributed by atoms with Crippen LogP contribution in [0.4, 0.5) is 5.82 Å². The number of fused-ring (bicyclic) bond motifs is 1. The zero-order valence-corrected chi connectivity index (χ0v) is 16.3. The Labute approximate surface area is 160 Å². The summed E-state index contributed by atoms with van der Waals surface area (Å²) in [5.41, 5.74) is 2.23. The predicted molar refractivity (Wildman–Crippen MR) is 103 cm³/mol. The molecule has 1 aromatic heterocycles. The number of anilines is 1. The Morgan fingerprint density at radius 2 is 2.11 bits per heavy atom. The molecule has 9 heteroatoms. The van der Waals surface area contributed by atoms with E-state index in [1.807, 2.05) is 6.07 Å². The minimum Gasteiger partial charge on any atom is -0.480 e. The first-order valence-corrected chi connectivity index (χ1v) is 11.1. The summed E-state index contributed by atoms with van der Waals surface area (Å²) in [5, 5.41) is 11.7. The predicted octanol–water partition coefficient (Wildman–Crippen LogP) is 0.841. The fraction of sp³-hybridized carbons (Fsp3) is 0.667. The normalized spacial score (nSPS) is 18.7. The van der Waals surface area contributed by atoms with E-state index < -0.39 is 21.2 Å². The number of aliphatic carboxylic acids is 1. The van der Waals surface area contributed by atoms with Crippen molar-refractivity contribution in [1.29, 1.82) is 0 Å². The number of rotatable bonds is 8. The number of aromatic nitrogens is 1. The van der Waals surface area contributed by atoms with Gasteiger partial charge in [0.15, 0.2) is 0 Å². The van der Waals surface area contributed by atoms with Gasteiger partial charge in [0.1, 0.15) is 5.82 Å². The maximum absolute atomic E-state index is 12.4. The van der Waals surface area contributed by atoms with E-state index >= 15 is 0 Å². The van der Waals surface area contributed by atoms with Crippen LogP contribution in [-0.4, -0.2) is 67.4 Å². The van der Waals surface area contributed by atoms with Gasteiger partial charge in [-0.3, -0.25) is 9.69 Å². The minimum absolute atomic E-state index is 0.0250. The molecule has 3 heterocycles. The summed E-state index contributed by atoms with van der Waals surface area (Å²) in [6.45, 7) is 2.33. The Hall–Kier alpha value is -1.71. The molecule has 1 saturated heterocycles. The van der Waals surface area contributed by atoms with Crippen LogP contribution in [0.3, 0.4) is 0 Å². The highest BCUT2D eigenvalue weighted by atomic mass is 32.2. The maximum atomic E-state index is 12.4. The average Bonchev–Trinajstić information content (AvgIpc) is 2.65. The number of carboxylic acids is 1. The van der Waals surface area contributed by atoms with Crippen molar-refractivity contribution >= 4 is 21.8 Å². The molecule has 1 fully saturated rings. The summed E-state index contributed by atoms with van der Waals surface area (Å²) in [6, 6.07) is 4.14. The summed E-state index contributed by atoms with van der Waals surface area (Å²) in [7, 11) is -3.36. The van der Waals surface area contributed by atoms with Crippen molar-refractivity contribution < 1.29 is 18.3 Å². The van der Waals surface area contributed by atoms with E-state index in [9.17, 15) is 13.2 Å². The van der Waals surface area contributed by atoms with E-state index in [0.717, 1.165) is 37.3 Å². The van der Waals surface area contributed by atoms with Crippen LogP contribution in [0.2, 0.25) is 0 Å². The van der Waals surface area contributed by atoms with Gasteiger partial charge < -0.3 is 10.4 Å². The van der Waals surface area contributed by atoms with Crippen molar-refractivity contribution in [3.8, 4) is 0 Å². The Morgan fingerprint density at radius 3 is 2.85 bits per heavy atom.